The molecule has 0 saturated heterocycles. The van der Waals surface area contributed by atoms with E-state index in [1.165, 1.54) is 6.08 Å². The summed E-state index contributed by atoms with van der Waals surface area (Å²) in [6.45, 7) is 0. The zero-order valence-corrected chi connectivity index (χ0v) is 9.36. The highest BCUT2D eigenvalue weighted by molar-refractivity contribution is 6.35. The third-order valence-corrected chi connectivity index (χ3v) is 2.58. The number of H-pyrrole nitrogens is 1. The summed E-state index contributed by atoms with van der Waals surface area (Å²) in [6, 6.07) is 6.81. The molecule has 0 aliphatic carbocycles. The van der Waals surface area contributed by atoms with Gasteiger partial charge in [0.15, 0.2) is 0 Å². The van der Waals surface area contributed by atoms with Crippen LogP contribution in [0, 0.1) is 0 Å². The lowest BCUT2D eigenvalue weighted by atomic mass is 10.1. The third kappa shape index (κ3) is 2.37. The number of para-hydroxylation sites is 1. The number of pyridine rings is 1. The van der Waals surface area contributed by atoms with Crippen LogP contribution in [0.2, 0.25) is 5.02 Å². The predicted octanol–water partition coefficient (Wildman–Crippen LogP) is 2.28. The Balaban J connectivity index is 2.64. The third-order valence-electron chi connectivity index (χ3n) is 2.26. The van der Waals surface area contributed by atoms with E-state index in [-0.39, 0.29) is 11.1 Å². The lowest BCUT2D eigenvalue weighted by Gasteiger charge is -2.01. The minimum Gasteiger partial charge on any atom is -0.478 e. The quantitative estimate of drug-likeness (QED) is 0.802. The number of aliphatic carboxylic acids is 1. The van der Waals surface area contributed by atoms with E-state index in [4.69, 9.17) is 16.7 Å². The van der Waals surface area contributed by atoms with Gasteiger partial charge in [-0.05, 0) is 18.2 Å². The van der Waals surface area contributed by atoms with Gasteiger partial charge in [-0.25, -0.2) is 4.79 Å². The molecule has 0 amide bonds. The van der Waals surface area contributed by atoms with E-state index in [0.29, 0.717) is 10.5 Å². The van der Waals surface area contributed by atoms with Gasteiger partial charge in [0.2, 0.25) is 0 Å². The number of benzene rings is 1. The van der Waals surface area contributed by atoms with Crippen LogP contribution in [0.15, 0.2) is 35.1 Å². The van der Waals surface area contributed by atoms with Gasteiger partial charge >= 0.3 is 5.97 Å². The summed E-state index contributed by atoms with van der Waals surface area (Å²) in [6.07, 6.45) is 2.17. The van der Waals surface area contributed by atoms with E-state index < -0.39 is 5.97 Å². The van der Waals surface area contributed by atoms with Crippen molar-refractivity contribution in [1.82, 2.24) is 4.98 Å². The van der Waals surface area contributed by atoms with Gasteiger partial charge in [0.25, 0.3) is 5.56 Å². The Morgan fingerprint density at radius 1 is 1.41 bits per heavy atom. The predicted molar refractivity (Wildman–Crippen MR) is 66.2 cm³/mol. The van der Waals surface area contributed by atoms with Gasteiger partial charge in [0.1, 0.15) is 0 Å². The number of carboxylic acid groups (broad SMARTS) is 1. The standard InChI is InChI=1S/C12H8ClNO3/c13-9-3-1-2-7-6-8(4-5-10(15)16)12(17)14-11(7)9/h1-6H,(H,14,17)(H,15,16)/b5-4+. The van der Waals surface area contributed by atoms with Crippen molar-refractivity contribution < 1.29 is 9.90 Å². The maximum atomic E-state index is 11.6. The van der Waals surface area contributed by atoms with E-state index in [1.807, 2.05) is 0 Å². The number of halogens is 1. The molecule has 0 spiro atoms. The van der Waals surface area contributed by atoms with E-state index >= 15 is 0 Å². The molecule has 0 aliphatic rings. The topological polar surface area (TPSA) is 70.2 Å². The Hall–Kier alpha value is -2.07. The number of nitrogens with one attached hydrogen (secondary N) is 1. The van der Waals surface area contributed by atoms with Crippen molar-refractivity contribution in [1.29, 1.82) is 0 Å². The normalized spacial score (nSPS) is 11.1. The zero-order valence-electron chi connectivity index (χ0n) is 8.61. The van der Waals surface area contributed by atoms with Crippen LogP contribution in [0.5, 0.6) is 0 Å². The van der Waals surface area contributed by atoms with E-state index in [1.54, 1.807) is 24.3 Å². The van der Waals surface area contributed by atoms with Crippen molar-refractivity contribution in [2.75, 3.05) is 0 Å². The second-order valence-corrected chi connectivity index (χ2v) is 3.84. The van der Waals surface area contributed by atoms with Gasteiger partial charge < -0.3 is 10.1 Å². The Morgan fingerprint density at radius 2 is 2.18 bits per heavy atom. The van der Waals surface area contributed by atoms with Crippen molar-refractivity contribution in [3.8, 4) is 0 Å². The van der Waals surface area contributed by atoms with E-state index in [2.05, 4.69) is 4.98 Å². The van der Waals surface area contributed by atoms with Crippen molar-refractivity contribution in [2.24, 2.45) is 0 Å². The van der Waals surface area contributed by atoms with Gasteiger partial charge in [0, 0.05) is 17.0 Å². The molecule has 5 heteroatoms. The molecule has 1 aromatic heterocycles. The highest BCUT2D eigenvalue weighted by Crippen LogP contribution is 2.20. The second-order valence-electron chi connectivity index (χ2n) is 3.43. The summed E-state index contributed by atoms with van der Waals surface area (Å²) in [5.74, 6) is -1.10. The molecule has 4 nitrogen and oxygen atoms in total. The molecule has 2 N–H and O–H groups in total. The SMILES string of the molecule is O=C(O)/C=C/c1cc2cccc(Cl)c2[nH]c1=O. The van der Waals surface area contributed by atoms with Crippen LogP contribution in [-0.4, -0.2) is 16.1 Å². The molecule has 0 unspecified atom stereocenters. The van der Waals surface area contributed by atoms with E-state index in [0.717, 1.165) is 11.5 Å². The molecule has 0 saturated carbocycles. The molecule has 0 bridgehead atoms. The Bertz CT molecular complexity index is 673. The molecular weight excluding hydrogens is 242 g/mol. The molecular formula is C12H8ClNO3. The minimum atomic E-state index is -1.10. The van der Waals surface area contributed by atoms with Crippen molar-refractivity contribution in [3.63, 3.8) is 0 Å². The number of aromatic amines is 1. The molecule has 0 radical (unpaired) electrons. The monoisotopic (exact) mass is 249 g/mol. The average molecular weight is 250 g/mol. The Morgan fingerprint density at radius 3 is 2.88 bits per heavy atom. The molecule has 0 aliphatic heterocycles. The lowest BCUT2D eigenvalue weighted by Crippen LogP contribution is -2.09. The number of carboxylic acids is 1. The van der Waals surface area contributed by atoms with Gasteiger partial charge in [-0.3, -0.25) is 4.79 Å². The number of hydrogen-bond donors (Lipinski definition) is 2. The first-order chi connectivity index (χ1) is 8.08. The Labute approximate surface area is 101 Å². The summed E-state index contributed by atoms with van der Waals surface area (Å²) in [5, 5.41) is 9.71. The summed E-state index contributed by atoms with van der Waals surface area (Å²) in [5.41, 5.74) is 0.455. The zero-order chi connectivity index (χ0) is 12.4. The molecule has 0 fully saturated rings. The maximum absolute atomic E-state index is 11.6. The molecule has 2 rings (SSSR count). The summed E-state index contributed by atoms with van der Waals surface area (Å²) < 4.78 is 0. The summed E-state index contributed by atoms with van der Waals surface area (Å²) >= 11 is 5.93. The van der Waals surface area contributed by atoms with Crippen molar-refractivity contribution in [3.05, 3.63) is 51.3 Å². The largest absolute Gasteiger partial charge is 0.478 e. The maximum Gasteiger partial charge on any atom is 0.328 e. The average Bonchev–Trinajstić information content (AvgIpc) is 2.28. The number of hydrogen-bond acceptors (Lipinski definition) is 2. The number of rotatable bonds is 2. The second kappa shape index (κ2) is 4.43. The van der Waals surface area contributed by atoms with Gasteiger partial charge in [0.05, 0.1) is 10.5 Å². The summed E-state index contributed by atoms with van der Waals surface area (Å²) in [7, 11) is 0. The number of carbonyl (C=O) groups is 1. The Kier molecular flexibility index (Phi) is 2.97. The number of fused-ring (bicyclic) bond motifs is 1. The molecule has 1 aromatic carbocycles. The molecule has 0 atom stereocenters. The fraction of sp³-hybridized carbons (Fsp3) is 0. The molecule has 86 valence electrons. The smallest absolute Gasteiger partial charge is 0.328 e. The highest BCUT2D eigenvalue weighted by Gasteiger charge is 2.03. The molecule has 17 heavy (non-hydrogen) atoms. The van der Waals surface area contributed by atoms with Crippen molar-refractivity contribution >= 4 is 34.5 Å². The van der Waals surface area contributed by atoms with Crippen LogP contribution in [0.25, 0.3) is 17.0 Å². The van der Waals surface area contributed by atoms with Crippen LogP contribution in [-0.2, 0) is 4.79 Å². The van der Waals surface area contributed by atoms with Crippen molar-refractivity contribution in [2.45, 2.75) is 0 Å². The lowest BCUT2D eigenvalue weighted by molar-refractivity contribution is -0.131. The first kappa shape index (κ1) is 11.4. The summed E-state index contributed by atoms with van der Waals surface area (Å²) in [4.78, 5) is 24.6. The first-order valence-corrected chi connectivity index (χ1v) is 5.18. The van der Waals surface area contributed by atoms with Gasteiger partial charge in [-0.1, -0.05) is 23.7 Å². The number of aromatic nitrogens is 1. The van der Waals surface area contributed by atoms with Crippen LogP contribution in [0.3, 0.4) is 0 Å². The van der Waals surface area contributed by atoms with Gasteiger partial charge in [-0.2, -0.15) is 0 Å². The fourth-order valence-corrected chi connectivity index (χ4v) is 1.73. The first-order valence-electron chi connectivity index (χ1n) is 4.80. The highest BCUT2D eigenvalue weighted by atomic mass is 35.5. The van der Waals surface area contributed by atoms with Crippen LogP contribution in [0.4, 0.5) is 0 Å². The van der Waals surface area contributed by atoms with E-state index in [9.17, 15) is 9.59 Å². The minimum absolute atomic E-state index is 0.280. The van der Waals surface area contributed by atoms with Gasteiger partial charge in [-0.15, -0.1) is 0 Å². The molecule has 1 heterocycles. The van der Waals surface area contributed by atoms with Crippen LogP contribution >= 0.6 is 11.6 Å². The fourth-order valence-electron chi connectivity index (χ4n) is 1.50. The molecule has 2 aromatic rings. The van der Waals surface area contributed by atoms with Crippen LogP contribution in [0.1, 0.15) is 5.56 Å². The van der Waals surface area contributed by atoms with Crippen LogP contribution < -0.4 is 5.56 Å².